The van der Waals surface area contributed by atoms with Gasteiger partial charge in [-0.3, -0.25) is 14.4 Å². The number of aromatic nitrogens is 1. The first kappa shape index (κ1) is 16.9. The van der Waals surface area contributed by atoms with Crippen LogP contribution in [0, 0.1) is 0 Å². The quantitative estimate of drug-likeness (QED) is 0.684. The number of fused-ring (bicyclic) bond motifs is 1. The standard InChI is InChI=1S/C18H15NO5S/c1-19-12-9-10(14-3-2-8-25-14)4-5-11(12)17(23)16(18(19)24)13(20)6-7-15(21)22/h2-5,8-9,23H,6-7H2,1H3,(H,21,22). The molecule has 2 N–H and O–H groups in total. The first-order chi connectivity index (χ1) is 11.9. The number of carbonyl (C=O) groups excluding carboxylic acids is 1. The van der Waals surface area contributed by atoms with Crippen molar-refractivity contribution in [3.8, 4) is 16.2 Å². The van der Waals surface area contributed by atoms with E-state index in [9.17, 15) is 19.5 Å². The molecule has 0 saturated heterocycles. The Hall–Kier alpha value is -2.93. The molecule has 25 heavy (non-hydrogen) atoms. The molecule has 128 valence electrons. The Bertz CT molecular complexity index is 1030. The Morgan fingerprint density at radius 3 is 2.60 bits per heavy atom. The van der Waals surface area contributed by atoms with Crippen molar-refractivity contribution in [2.45, 2.75) is 12.8 Å². The van der Waals surface area contributed by atoms with Crippen molar-refractivity contribution in [3.63, 3.8) is 0 Å². The van der Waals surface area contributed by atoms with Gasteiger partial charge in [0.15, 0.2) is 5.78 Å². The summed E-state index contributed by atoms with van der Waals surface area (Å²) in [6.45, 7) is 0. The number of ketones is 1. The highest BCUT2D eigenvalue weighted by Gasteiger charge is 2.21. The van der Waals surface area contributed by atoms with E-state index in [1.165, 1.54) is 11.6 Å². The molecule has 0 atom stereocenters. The first-order valence-electron chi connectivity index (χ1n) is 7.54. The van der Waals surface area contributed by atoms with E-state index in [1.807, 2.05) is 23.6 Å². The SMILES string of the molecule is Cn1c(=O)c(C(=O)CCC(=O)O)c(O)c2ccc(-c3cccs3)cc21. The Morgan fingerprint density at radius 2 is 1.96 bits per heavy atom. The number of thiophene rings is 1. The maximum atomic E-state index is 12.5. The molecule has 0 unspecified atom stereocenters. The van der Waals surface area contributed by atoms with Crippen molar-refractivity contribution in [2.75, 3.05) is 0 Å². The van der Waals surface area contributed by atoms with Crippen LogP contribution >= 0.6 is 11.3 Å². The minimum Gasteiger partial charge on any atom is -0.506 e. The van der Waals surface area contributed by atoms with Crippen molar-refractivity contribution in [3.05, 3.63) is 51.6 Å². The van der Waals surface area contributed by atoms with Crippen LogP contribution < -0.4 is 5.56 Å². The fraction of sp³-hybridized carbons (Fsp3) is 0.167. The number of hydrogen-bond donors (Lipinski definition) is 2. The molecule has 0 aliphatic heterocycles. The van der Waals surface area contributed by atoms with Crippen molar-refractivity contribution < 1.29 is 19.8 Å². The number of carbonyl (C=O) groups is 2. The van der Waals surface area contributed by atoms with E-state index in [-0.39, 0.29) is 12.0 Å². The van der Waals surface area contributed by atoms with Crippen molar-refractivity contribution >= 4 is 34.0 Å². The van der Waals surface area contributed by atoms with E-state index < -0.39 is 29.5 Å². The number of nitrogens with zero attached hydrogens (tertiary/aromatic N) is 1. The van der Waals surface area contributed by atoms with Crippen LogP contribution in [0.15, 0.2) is 40.5 Å². The molecule has 2 aromatic heterocycles. The van der Waals surface area contributed by atoms with Crippen LogP contribution in [0.25, 0.3) is 21.3 Å². The number of carboxylic acids is 1. The van der Waals surface area contributed by atoms with Crippen LogP contribution in [0.1, 0.15) is 23.2 Å². The van der Waals surface area contributed by atoms with Crippen molar-refractivity contribution in [2.24, 2.45) is 7.05 Å². The zero-order valence-corrected chi connectivity index (χ0v) is 14.2. The highest BCUT2D eigenvalue weighted by molar-refractivity contribution is 7.13. The lowest BCUT2D eigenvalue weighted by atomic mass is 10.0. The average molecular weight is 357 g/mol. The fourth-order valence-corrected chi connectivity index (χ4v) is 3.44. The summed E-state index contributed by atoms with van der Waals surface area (Å²) in [5.74, 6) is -2.21. The lowest BCUT2D eigenvalue weighted by molar-refractivity contribution is -0.136. The van der Waals surface area contributed by atoms with Crippen LogP contribution in [-0.2, 0) is 11.8 Å². The second-order valence-electron chi connectivity index (χ2n) is 5.61. The largest absolute Gasteiger partial charge is 0.506 e. The molecule has 0 amide bonds. The molecule has 0 radical (unpaired) electrons. The fourth-order valence-electron chi connectivity index (χ4n) is 2.72. The molecule has 0 fully saturated rings. The Morgan fingerprint density at radius 1 is 1.20 bits per heavy atom. The van der Waals surface area contributed by atoms with E-state index in [0.717, 1.165) is 10.4 Å². The molecule has 0 saturated carbocycles. The van der Waals surface area contributed by atoms with Crippen molar-refractivity contribution in [1.29, 1.82) is 0 Å². The number of aryl methyl sites for hydroxylation is 1. The maximum Gasteiger partial charge on any atom is 0.303 e. The van der Waals surface area contributed by atoms with Gasteiger partial charge in [0.05, 0.1) is 11.9 Å². The highest BCUT2D eigenvalue weighted by atomic mass is 32.1. The first-order valence-corrected chi connectivity index (χ1v) is 8.42. The maximum absolute atomic E-state index is 12.5. The molecule has 3 rings (SSSR count). The summed E-state index contributed by atoms with van der Waals surface area (Å²) in [5.41, 5.74) is 0.411. The van der Waals surface area contributed by atoms with Crippen molar-refractivity contribution in [1.82, 2.24) is 4.57 Å². The van der Waals surface area contributed by atoms with E-state index >= 15 is 0 Å². The number of pyridine rings is 1. The van der Waals surface area contributed by atoms with Gasteiger partial charge in [0.25, 0.3) is 5.56 Å². The third-order valence-electron chi connectivity index (χ3n) is 4.02. The van der Waals surface area contributed by atoms with Gasteiger partial charge in [-0.1, -0.05) is 12.1 Å². The minimum absolute atomic E-state index is 0.336. The average Bonchev–Trinajstić information content (AvgIpc) is 3.12. The number of Topliss-reactive ketones (excluding diaryl/α,β-unsaturated/α-hetero) is 1. The lowest BCUT2D eigenvalue weighted by Gasteiger charge is -2.12. The molecule has 0 spiro atoms. The predicted octanol–water partition coefficient (Wildman–Crippen LogP) is 3.02. The molecule has 1 aromatic carbocycles. The molecule has 7 heteroatoms. The van der Waals surface area contributed by atoms with Gasteiger partial charge in [-0.2, -0.15) is 0 Å². The zero-order valence-electron chi connectivity index (χ0n) is 13.4. The molecule has 2 heterocycles. The normalized spacial score (nSPS) is 10.9. The van der Waals surface area contributed by atoms with Gasteiger partial charge < -0.3 is 14.8 Å². The summed E-state index contributed by atoms with van der Waals surface area (Å²) in [4.78, 5) is 36.4. The summed E-state index contributed by atoms with van der Waals surface area (Å²) in [7, 11) is 1.52. The van der Waals surface area contributed by atoms with Gasteiger partial charge in [0, 0.05) is 23.7 Å². The van der Waals surface area contributed by atoms with E-state index in [0.29, 0.717) is 10.9 Å². The summed E-state index contributed by atoms with van der Waals surface area (Å²) in [6.07, 6.45) is -0.728. The Balaban J connectivity index is 2.16. The summed E-state index contributed by atoms with van der Waals surface area (Å²) in [6, 6.07) is 9.13. The highest BCUT2D eigenvalue weighted by Crippen LogP contribution is 2.32. The Kier molecular flexibility index (Phi) is 4.41. The lowest BCUT2D eigenvalue weighted by Crippen LogP contribution is -2.25. The second kappa shape index (κ2) is 6.52. The zero-order chi connectivity index (χ0) is 18.1. The van der Waals surface area contributed by atoms with Crippen LogP contribution in [-0.4, -0.2) is 26.5 Å². The van der Waals surface area contributed by atoms with E-state index in [4.69, 9.17) is 5.11 Å². The number of benzene rings is 1. The molecule has 0 aliphatic carbocycles. The summed E-state index contributed by atoms with van der Waals surface area (Å²) >= 11 is 1.56. The van der Waals surface area contributed by atoms with Crippen LogP contribution in [0.2, 0.25) is 0 Å². The third kappa shape index (κ3) is 3.06. The van der Waals surface area contributed by atoms with Gasteiger partial charge >= 0.3 is 5.97 Å². The summed E-state index contributed by atoms with van der Waals surface area (Å²) in [5, 5.41) is 21.5. The van der Waals surface area contributed by atoms with E-state index in [1.54, 1.807) is 23.5 Å². The van der Waals surface area contributed by atoms with Gasteiger partial charge in [0.1, 0.15) is 11.3 Å². The van der Waals surface area contributed by atoms with E-state index in [2.05, 4.69) is 0 Å². The molecule has 6 nitrogen and oxygen atoms in total. The number of aromatic hydroxyl groups is 1. The molecule has 3 aromatic rings. The topological polar surface area (TPSA) is 96.6 Å². The van der Waals surface area contributed by atoms with Gasteiger partial charge in [-0.25, -0.2) is 0 Å². The third-order valence-corrected chi connectivity index (χ3v) is 4.94. The van der Waals surface area contributed by atoms with Crippen LogP contribution in [0.4, 0.5) is 0 Å². The molecule has 0 aliphatic rings. The number of rotatable bonds is 5. The minimum atomic E-state index is -1.13. The van der Waals surface area contributed by atoms with Crippen LogP contribution in [0.5, 0.6) is 5.75 Å². The molecular formula is C18H15NO5S. The molecular weight excluding hydrogens is 342 g/mol. The number of hydrogen-bond acceptors (Lipinski definition) is 5. The van der Waals surface area contributed by atoms with Gasteiger partial charge in [-0.05, 0) is 29.1 Å². The second-order valence-corrected chi connectivity index (χ2v) is 6.56. The van der Waals surface area contributed by atoms with Gasteiger partial charge in [-0.15, -0.1) is 11.3 Å². The predicted molar refractivity (Wildman–Crippen MR) is 95.4 cm³/mol. The monoisotopic (exact) mass is 357 g/mol. The molecule has 0 bridgehead atoms. The van der Waals surface area contributed by atoms with Crippen LogP contribution in [0.3, 0.4) is 0 Å². The smallest absolute Gasteiger partial charge is 0.303 e. The number of carboxylic acid groups (broad SMARTS) is 1. The summed E-state index contributed by atoms with van der Waals surface area (Å²) < 4.78 is 1.31. The van der Waals surface area contributed by atoms with Gasteiger partial charge in [0.2, 0.25) is 0 Å². The Labute approximate surface area is 146 Å². The number of aliphatic carboxylic acids is 1.